The molecule has 0 aliphatic carbocycles. The summed E-state index contributed by atoms with van der Waals surface area (Å²) in [5.41, 5.74) is 0.916. The van der Waals surface area contributed by atoms with Gasteiger partial charge in [-0.15, -0.1) is 0 Å². The molecule has 0 atom stereocenters. The van der Waals surface area contributed by atoms with Crippen LogP contribution in [-0.2, 0) is 6.18 Å². The molecule has 0 aliphatic rings. The van der Waals surface area contributed by atoms with Crippen LogP contribution >= 0.6 is 11.6 Å². The molecule has 0 radical (unpaired) electrons. The third-order valence-corrected chi connectivity index (χ3v) is 4.36. The molecule has 8 heteroatoms. The fraction of sp³-hybridized carbons (Fsp3) is 0.0500. The Morgan fingerprint density at radius 3 is 2.39 bits per heavy atom. The molecule has 0 saturated heterocycles. The van der Waals surface area contributed by atoms with E-state index in [9.17, 15) is 13.2 Å². The number of hydrogen-bond donors (Lipinski definition) is 0. The van der Waals surface area contributed by atoms with Crippen molar-refractivity contribution in [2.45, 2.75) is 6.18 Å². The van der Waals surface area contributed by atoms with Crippen LogP contribution in [0.15, 0.2) is 67.1 Å². The molecular formula is C20H11ClF3N3O. The van der Waals surface area contributed by atoms with Gasteiger partial charge in [0, 0.05) is 29.3 Å². The molecule has 4 rings (SSSR count). The Balaban J connectivity index is 1.60. The first-order chi connectivity index (χ1) is 13.4. The maximum atomic E-state index is 12.7. The lowest BCUT2D eigenvalue weighted by Gasteiger charge is -2.09. The van der Waals surface area contributed by atoms with Gasteiger partial charge in [0.1, 0.15) is 12.1 Å². The Bertz CT molecular complexity index is 1150. The first-order valence-corrected chi connectivity index (χ1v) is 8.50. The molecule has 0 spiro atoms. The Morgan fingerprint density at radius 2 is 1.64 bits per heavy atom. The molecule has 4 nitrogen and oxygen atoms in total. The van der Waals surface area contributed by atoms with Crippen LogP contribution in [0.5, 0.6) is 11.6 Å². The fourth-order valence-corrected chi connectivity index (χ4v) is 2.88. The highest BCUT2D eigenvalue weighted by atomic mass is 35.5. The summed E-state index contributed by atoms with van der Waals surface area (Å²) in [5.74, 6) is 0.755. The van der Waals surface area contributed by atoms with E-state index < -0.39 is 11.7 Å². The predicted molar refractivity (Wildman–Crippen MR) is 99.3 cm³/mol. The van der Waals surface area contributed by atoms with Gasteiger partial charge in [0.15, 0.2) is 0 Å². The summed E-state index contributed by atoms with van der Waals surface area (Å²) >= 11 is 6.13. The molecular weight excluding hydrogens is 391 g/mol. The molecule has 2 aromatic heterocycles. The highest BCUT2D eigenvalue weighted by molar-refractivity contribution is 6.35. The lowest BCUT2D eigenvalue weighted by atomic mass is 10.1. The minimum Gasteiger partial charge on any atom is -0.439 e. The van der Waals surface area contributed by atoms with Crippen LogP contribution in [-0.4, -0.2) is 15.0 Å². The number of nitrogens with zero attached hydrogens (tertiary/aromatic N) is 3. The van der Waals surface area contributed by atoms with E-state index in [-0.39, 0.29) is 5.88 Å². The summed E-state index contributed by atoms with van der Waals surface area (Å²) in [6.07, 6.45) is -1.49. The lowest BCUT2D eigenvalue weighted by Crippen LogP contribution is -2.04. The average Bonchev–Trinajstić information content (AvgIpc) is 2.68. The van der Waals surface area contributed by atoms with Gasteiger partial charge < -0.3 is 4.74 Å². The smallest absolute Gasteiger partial charge is 0.416 e. The predicted octanol–water partition coefficient (Wildman–Crippen LogP) is 6.16. The molecule has 140 valence electrons. The van der Waals surface area contributed by atoms with Crippen molar-refractivity contribution in [2.24, 2.45) is 0 Å². The van der Waals surface area contributed by atoms with Gasteiger partial charge in [-0.1, -0.05) is 23.7 Å². The number of benzene rings is 2. The minimum atomic E-state index is -4.38. The zero-order valence-electron chi connectivity index (χ0n) is 14.1. The second-order valence-corrected chi connectivity index (χ2v) is 6.30. The quantitative estimate of drug-likeness (QED) is 0.412. The zero-order valence-corrected chi connectivity index (χ0v) is 14.9. The molecule has 0 bridgehead atoms. The van der Waals surface area contributed by atoms with E-state index in [1.54, 1.807) is 36.5 Å². The molecule has 0 fully saturated rings. The van der Waals surface area contributed by atoms with Gasteiger partial charge in [-0.3, -0.25) is 4.98 Å². The van der Waals surface area contributed by atoms with Gasteiger partial charge in [0.2, 0.25) is 5.88 Å². The standard InChI is InChI=1S/C20H11ClF3N3O/c21-16-7-8-25-18-9-14(5-6-15(16)18)28-19-10-17(26-11-27-19)12-1-3-13(4-2-12)20(22,23)24/h1-11H. The first-order valence-electron chi connectivity index (χ1n) is 8.12. The van der Waals surface area contributed by atoms with Crippen molar-refractivity contribution in [3.63, 3.8) is 0 Å². The summed E-state index contributed by atoms with van der Waals surface area (Å²) in [4.78, 5) is 12.4. The molecule has 0 unspecified atom stereocenters. The van der Waals surface area contributed by atoms with E-state index in [0.717, 1.165) is 17.5 Å². The number of alkyl halides is 3. The third-order valence-electron chi connectivity index (χ3n) is 4.03. The maximum absolute atomic E-state index is 12.7. The van der Waals surface area contributed by atoms with Crippen LogP contribution in [0, 0.1) is 0 Å². The number of aromatic nitrogens is 3. The van der Waals surface area contributed by atoms with Crippen LogP contribution in [0.25, 0.3) is 22.2 Å². The number of fused-ring (bicyclic) bond motifs is 1. The van der Waals surface area contributed by atoms with Crippen molar-refractivity contribution in [3.05, 3.63) is 77.7 Å². The van der Waals surface area contributed by atoms with Crippen molar-refractivity contribution >= 4 is 22.5 Å². The number of rotatable bonds is 3. The van der Waals surface area contributed by atoms with Gasteiger partial charge >= 0.3 is 6.18 Å². The van der Waals surface area contributed by atoms with E-state index in [4.69, 9.17) is 16.3 Å². The summed E-state index contributed by atoms with van der Waals surface area (Å²) in [6, 6.07) is 13.2. The minimum absolute atomic E-state index is 0.256. The second-order valence-electron chi connectivity index (χ2n) is 5.89. The van der Waals surface area contributed by atoms with Crippen LogP contribution in [0.2, 0.25) is 5.02 Å². The Hall–Kier alpha value is -3.19. The van der Waals surface area contributed by atoms with E-state index in [1.165, 1.54) is 18.5 Å². The lowest BCUT2D eigenvalue weighted by molar-refractivity contribution is -0.137. The SMILES string of the molecule is FC(F)(F)c1ccc(-c2cc(Oc3ccc4c(Cl)ccnc4c3)ncn2)cc1. The van der Waals surface area contributed by atoms with Gasteiger partial charge in [-0.2, -0.15) is 13.2 Å². The molecule has 2 heterocycles. The van der Waals surface area contributed by atoms with Crippen molar-refractivity contribution in [1.29, 1.82) is 0 Å². The van der Waals surface area contributed by atoms with E-state index in [1.807, 2.05) is 0 Å². The molecule has 2 aromatic carbocycles. The maximum Gasteiger partial charge on any atom is 0.416 e. The molecule has 28 heavy (non-hydrogen) atoms. The van der Waals surface area contributed by atoms with Crippen molar-refractivity contribution in [3.8, 4) is 22.9 Å². The Labute approximate surface area is 162 Å². The number of pyridine rings is 1. The van der Waals surface area contributed by atoms with E-state index in [0.29, 0.717) is 27.5 Å². The van der Waals surface area contributed by atoms with Crippen LogP contribution in [0.1, 0.15) is 5.56 Å². The van der Waals surface area contributed by atoms with Crippen molar-refractivity contribution in [2.75, 3.05) is 0 Å². The number of hydrogen-bond acceptors (Lipinski definition) is 4. The second kappa shape index (κ2) is 7.09. The van der Waals surface area contributed by atoms with Crippen LogP contribution in [0.4, 0.5) is 13.2 Å². The largest absolute Gasteiger partial charge is 0.439 e. The number of ether oxygens (including phenoxy) is 1. The summed E-state index contributed by atoms with van der Waals surface area (Å²) < 4.78 is 43.9. The zero-order chi connectivity index (χ0) is 19.7. The number of halogens is 4. The van der Waals surface area contributed by atoms with Gasteiger partial charge in [-0.05, 0) is 30.3 Å². The van der Waals surface area contributed by atoms with Crippen molar-refractivity contribution < 1.29 is 17.9 Å². The third kappa shape index (κ3) is 3.75. The monoisotopic (exact) mass is 401 g/mol. The topological polar surface area (TPSA) is 47.9 Å². The highest BCUT2D eigenvalue weighted by Crippen LogP contribution is 2.32. The van der Waals surface area contributed by atoms with Crippen molar-refractivity contribution in [1.82, 2.24) is 15.0 Å². The Kier molecular flexibility index (Phi) is 4.60. The Morgan fingerprint density at radius 1 is 0.857 bits per heavy atom. The van der Waals surface area contributed by atoms with E-state index in [2.05, 4.69) is 15.0 Å². The van der Waals surface area contributed by atoms with Gasteiger partial charge in [-0.25, -0.2) is 9.97 Å². The van der Waals surface area contributed by atoms with Crippen LogP contribution < -0.4 is 4.74 Å². The molecule has 0 saturated carbocycles. The molecule has 0 amide bonds. The molecule has 4 aromatic rings. The van der Waals surface area contributed by atoms with E-state index >= 15 is 0 Å². The van der Waals surface area contributed by atoms with Gasteiger partial charge in [0.05, 0.1) is 21.8 Å². The molecule has 0 aliphatic heterocycles. The van der Waals surface area contributed by atoms with Gasteiger partial charge in [0.25, 0.3) is 0 Å². The normalized spacial score (nSPS) is 11.6. The fourth-order valence-electron chi connectivity index (χ4n) is 2.66. The average molecular weight is 402 g/mol. The first kappa shape index (κ1) is 18.2. The summed E-state index contributed by atoms with van der Waals surface area (Å²) in [5, 5.41) is 1.38. The highest BCUT2D eigenvalue weighted by Gasteiger charge is 2.30. The summed E-state index contributed by atoms with van der Waals surface area (Å²) in [6.45, 7) is 0. The molecule has 0 N–H and O–H groups in total. The van der Waals surface area contributed by atoms with Crippen LogP contribution in [0.3, 0.4) is 0 Å². The summed E-state index contributed by atoms with van der Waals surface area (Å²) in [7, 11) is 0.